The number of anilines is 1. The minimum absolute atomic E-state index is 0.0181. The smallest absolute Gasteiger partial charge is 0.351 e. The summed E-state index contributed by atoms with van der Waals surface area (Å²) in [5, 5.41) is 31.8. The molecule has 0 aliphatic carbocycles. The highest BCUT2D eigenvalue weighted by Gasteiger charge is 2.43. The summed E-state index contributed by atoms with van der Waals surface area (Å²) in [6.07, 6.45) is -3.85. The molecule has 1 aromatic carbocycles. The molecule has 1 aromatic heterocycles. The van der Waals surface area contributed by atoms with E-state index >= 15 is 0 Å². The molecular weight excluding hydrogens is 460 g/mol. The first kappa shape index (κ1) is 26.4. The molecule has 0 bridgehead atoms. The Bertz CT molecular complexity index is 1130. The van der Waals surface area contributed by atoms with E-state index in [2.05, 4.69) is 10.3 Å². The molecule has 0 spiro atoms. The highest BCUT2D eigenvalue weighted by molar-refractivity contribution is 5.90. The first-order valence-electron chi connectivity index (χ1n) is 11.0. The van der Waals surface area contributed by atoms with Gasteiger partial charge in [-0.05, 0) is 19.1 Å². The Morgan fingerprint density at radius 2 is 1.94 bits per heavy atom. The van der Waals surface area contributed by atoms with Gasteiger partial charge < -0.3 is 35.8 Å². The molecule has 1 aliphatic rings. The van der Waals surface area contributed by atoms with Gasteiger partial charge in [-0.3, -0.25) is 9.36 Å². The van der Waals surface area contributed by atoms with Crippen molar-refractivity contribution in [2.75, 3.05) is 11.9 Å². The van der Waals surface area contributed by atoms with Crippen molar-refractivity contribution < 1.29 is 34.4 Å². The van der Waals surface area contributed by atoms with Gasteiger partial charge in [0.1, 0.15) is 35.9 Å². The van der Waals surface area contributed by atoms with Gasteiger partial charge in [-0.15, -0.1) is 0 Å². The molecule has 1 aliphatic heterocycles. The van der Waals surface area contributed by atoms with Crippen molar-refractivity contribution in [1.29, 1.82) is 0 Å². The number of ether oxygens (including phenoxy) is 2. The number of nitrogens with two attached hydrogens (primary N) is 1. The number of amides is 1. The van der Waals surface area contributed by atoms with Gasteiger partial charge >= 0.3 is 11.7 Å². The van der Waals surface area contributed by atoms with Crippen molar-refractivity contribution in [3.05, 3.63) is 52.6 Å². The summed E-state index contributed by atoms with van der Waals surface area (Å²) in [6.45, 7) is 4.59. The van der Waals surface area contributed by atoms with Gasteiger partial charge in [-0.25, -0.2) is 9.59 Å². The summed E-state index contributed by atoms with van der Waals surface area (Å²) >= 11 is 0. The van der Waals surface area contributed by atoms with Crippen LogP contribution < -0.4 is 21.5 Å². The maximum absolute atomic E-state index is 12.8. The van der Waals surface area contributed by atoms with E-state index in [1.54, 1.807) is 38.1 Å². The van der Waals surface area contributed by atoms with Crippen LogP contribution in [0.1, 0.15) is 39.0 Å². The lowest BCUT2D eigenvalue weighted by Crippen LogP contribution is -2.36. The van der Waals surface area contributed by atoms with Crippen LogP contribution in [-0.2, 0) is 19.7 Å². The highest BCUT2D eigenvalue weighted by atomic mass is 16.6. The molecule has 1 amide bonds. The zero-order valence-corrected chi connectivity index (χ0v) is 19.6. The van der Waals surface area contributed by atoms with E-state index in [1.807, 2.05) is 0 Å². The van der Waals surface area contributed by atoms with Gasteiger partial charge in [0.05, 0.1) is 6.61 Å². The first-order chi connectivity index (χ1) is 16.4. The summed E-state index contributed by atoms with van der Waals surface area (Å²) in [5.41, 5.74) is 4.62. The lowest BCUT2D eigenvalue weighted by atomic mass is 9.80. The summed E-state index contributed by atoms with van der Waals surface area (Å²) in [4.78, 5) is 41.0. The monoisotopic (exact) mass is 490 g/mol. The second-order valence-electron chi connectivity index (χ2n) is 9.05. The first-order valence-corrected chi connectivity index (χ1v) is 11.0. The van der Waals surface area contributed by atoms with E-state index in [1.165, 1.54) is 19.2 Å². The molecule has 35 heavy (non-hydrogen) atoms. The predicted molar refractivity (Wildman–Crippen MR) is 124 cm³/mol. The number of carbonyl (C=O) groups is 2. The second kappa shape index (κ2) is 10.6. The van der Waals surface area contributed by atoms with Crippen LogP contribution in [-0.4, -0.2) is 67.7 Å². The summed E-state index contributed by atoms with van der Waals surface area (Å²) in [6, 6.07) is 7.37. The Morgan fingerprint density at radius 3 is 2.54 bits per heavy atom. The van der Waals surface area contributed by atoms with Crippen LogP contribution in [0.5, 0.6) is 5.75 Å². The number of aromatic nitrogens is 2. The standard InChI is InChI=1S/C23H30N4O8/c1-12(24)21(32)35-14-7-5-4-6-13(14)23(2,3)10-17(29)25-16-8-9-27(22(33)26-16)20-19(31)18(30)15(11-28)34-20/h4-9,12,15,18-20,28,30-31H,10-11,24H2,1-3H3,(H,25,26,29,33)/t12-,15+,18+,19-,20+/m0/s1. The van der Waals surface area contributed by atoms with E-state index in [4.69, 9.17) is 15.2 Å². The molecule has 6 N–H and O–H groups in total. The number of aliphatic hydroxyl groups is 3. The van der Waals surface area contributed by atoms with E-state index < -0.39 is 60.2 Å². The molecule has 12 heteroatoms. The number of carbonyl (C=O) groups excluding carboxylic acids is 2. The number of para-hydroxylation sites is 1. The Labute approximate surface area is 201 Å². The minimum Gasteiger partial charge on any atom is -0.425 e. The summed E-state index contributed by atoms with van der Waals surface area (Å²) in [7, 11) is 0. The van der Waals surface area contributed by atoms with Gasteiger partial charge in [0.25, 0.3) is 0 Å². The Balaban J connectivity index is 1.72. The fourth-order valence-corrected chi connectivity index (χ4v) is 3.79. The molecule has 0 saturated carbocycles. The third kappa shape index (κ3) is 5.92. The molecule has 12 nitrogen and oxygen atoms in total. The van der Waals surface area contributed by atoms with Crippen molar-refractivity contribution in [3.8, 4) is 5.75 Å². The summed E-state index contributed by atoms with van der Waals surface area (Å²) in [5.74, 6) is -0.764. The van der Waals surface area contributed by atoms with E-state index in [-0.39, 0.29) is 12.2 Å². The SMILES string of the molecule is C[C@H](N)C(=O)Oc1ccccc1C(C)(C)CC(=O)Nc1ccn([C@@H]2O[C@H](CO)[C@@H](O)[C@@H]2O)c(=O)n1. The topological polar surface area (TPSA) is 186 Å². The number of nitrogens with one attached hydrogen (secondary N) is 1. The second-order valence-corrected chi connectivity index (χ2v) is 9.05. The number of aliphatic hydroxyl groups excluding tert-OH is 3. The molecule has 0 unspecified atom stereocenters. The van der Waals surface area contributed by atoms with Crippen molar-refractivity contribution in [3.63, 3.8) is 0 Å². The third-order valence-electron chi connectivity index (χ3n) is 5.69. The Hall–Kier alpha value is -3.16. The lowest BCUT2D eigenvalue weighted by Gasteiger charge is -2.26. The zero-order valence-electron chi connectivity index (χ0n) is 19.6. The van der Waals surface area contributed by atoms with Crippen molar-refractivity contribution in [2.24, 2.45) is 5.73 Å². The van der Waals surface area contributed by atoms with E-state index in [0.29, 0.717) is 11.3 Å². The maximum Gasteiger partial charge on any atom is 0.351 e. The van der Waals surface area contributed by atoms with Gasteiger partial charge in [0.2, 0.25) is 5.91 Å². The number of hydrogen-bond donors (Lipinski definition) is 5. The number of esters is 1. The van der Waals surface area contributed by atoms with E-state index in [9.17, 15) is 29.7 Å². The largest absolute Gasteiger partial charge is 0.425 e. The van der Waals surface area contributed by atoms with Crippen LogP contribution in [0.3, 0.4) is 0 Å². The van der Waals surface area contributed by atoms with Crippen LogP contribution in [0.15, 0.2) is 41.3 Å². The lowest BCUT2D eigenvalue weighted by molar-refractivity contribution is -0.135. The molecule has 1 fully saturated rings. The minimum atomic E-state index is -1.44. The average Bonchev–Trinajstić information content (AvgIpc) is 3.07. The fraction of sp³-hybridized carbons (Fsp3) is 0.478. The maximum atomic E-state index is 12.8. The molecular formula is C23H30N4O8. The van der Waals surface area contributed by atoms with Crippen LogP contribution in [0.25, 0.3) is 0 Å². The molecule has 190 valence electrons. The van der Waals surface area contributed by atoms with Gasteiger partial charge in [-0.2, -0.15) is 4.98 Å². The fourth-order valence-electron chi connectivity index (χ4n) is 3.79. The molecule has 1 saturated heterocycles. The number of nitrogens with zero attached hydrogens (tertiary/aromatic N) is 2. The van der Waals surface area contributed by atoms with Crippen molar-refractivity contribution in [1.82, 2.24) is 9.55 Å². The number of rotatable bonds is 8. The van der Waals surface area contributed by atoms with Gasteiger partial charge in [0, 0.05) is 23.6 Å². The quantitative estimate of drug-likeness (QED) is 0.237. The van der Waals surface area contributed by atoms with Crippen LogP contribution in [0.2, 0.25) is 0 Å². The number of benzene rings is 1. The van der Waals surface area contributed by atoms with Gasteiger partial charge in [0.15, 0.2) is 6.23 Å². The van der Waals surface area contributed by atoms with Crippen molar-refractivity contribution in [2.45, 2.75) is 63.2 Å². The van der Waals surface area contributed by atoms with Crippen LogP contribution in [0, 0.1) is 0 Å². The highest BCUT2D eigenvalue weighted by Crippen LogP contribution is 2.35. The Morgan fingerprint density at radius 1 is 1.26 bits per heavy atom. The van der Waals surface area contributed by atoms with Crippen LogP contribution in [0.4, 0.5) is 5.82 Å². The van der Waals surface area contributed by atoms with Crippen molar-refractivity contribution >= 4 is 17.7 Å². The predicted octanol–water partition coefficient (Wildman–Crippen LogP) is -0.586. The average molecular weight is 491 g/mol. The Kier molecular flexibility index (Phi) is 8.03. The third-order valence-corrected chi connectivity index (χ3v) is 5.69. The molecule has 2 heterocycles. The summed E-state index contributed by atoms with van der Waals surface area (Å²) < 4.78 is 11.7. The van der Waals surface area contributed by atoms with Gasteiger partial charge in [-0.1, -0.05) is 32.0 Å². The molecule has 2 aromatic rings. The van der Waals surface area contributed by atoms with E-state index in [0.717, 1.165) is 4.57 Å². The van der Waals surface area contributed by atoms with Crippen LogP contribution >= 0.6 is 0 Å². The zero-order chi connectivity index (χ0) is 25.9. The number of hydrogen-bond acceptors (Lipinski definition) is 10. The normalized spacial score (nSPS) is 23.1. The molecule has 3 rings (SSSR count). The molecule has 0 radical (unpaired) electrons. The molecule has 5 atom stereocenters.